The van der Waals surface area contributed by atoms with Crippen LogP contribution in [0.4, 0.5) is 13.2 Å². The van der Waals surface area contributed by atoms with E-state index in [0.717, 1.165) is 16.7 Å². The maximum absolute atomic E-state index is 13.7. The molecule has 0 aromatic carbocycles. The van der Waals surface area contributed by atoms with Crippen molar-refractivity contribution < 1.29 is 18.3 Å². The largest absolute Gasteiger partial charge is 0.493 e. The van der Waals surface area contributed by atoms with Gasteiger partial charge in [0.1, 0.15) is 0 Å². The molecule has 0 radical (unpaired) electrons. The molecule has 10 heteroatoms. The Kier molecular flexibility index (Phi) is 4.57. The van der Waals surface area contributed by atoms with E-state index in [-0.39, 0.29) is 28.3 Å². The van der Waals surface area contributed by atoms with E-state index < -0.39 is 34.5 Å². The summed E-state index contributed by atoms with van der Waals surface area (Å²) < 4.78 is 41.7. The van der Waals surface area contributed by atoms with Gasteiger partial charge in [-0.15, -0.1) is 0 Å². The van der Waals surface area contributed by atoms with E-state index >= 15 is 0 Å². The first-order valence-corrected chi connectivity index (χ1v) is 7.85. The molecule has 0 saturated heterocycles. The van der Waals surface area contributed by atoms with Crippen LogP contribution < -0.4 is 5.69 Å². The lowest BCUT2D eigenvalue weighted by atomic mass is 10.0. The molecular formula is C16H12ClF3N4O2. The quantitative estimate of drug-likeness (QED) is 0.696. The Balaban J connectivity index is 2.55. The zero-order chi connectivity index (χ0) is 19.2. The maximum Gasteiger partial charge on any atom is 0.357 e. The molecular weight excluding hydrogens is 373 g/mol. The normalized spacial score (nSPS) is 11.7. The van der Waals surface area contributed by atoms with Gasteiger partial charge in [-0.25, -0.2) is 27.5 Å². The molecule has 26 heavy (non-hydrogen) atoms. The van der Waals surface area contributed by atoms with Crippen LogP contribution in [-0.2, 0) is 0 Å². The van der Waals surface area contributed by atoms with Gasteiger partial charge in [-0.1, -0.05) is 25.4 Å². The highest BCUT2D eigenvalue weighted by Gasteiger charge is 2.25. The van der Waals surface area contributed by atoms with E-state index in [4.69, 9.17) is 11.6 Å². The van der Waals surface area contributed by atoms with Crippen LogP contribution in [0, 0.1) is 5.82 Å². The highest BCUT2D eigenvalue weighted by molar-refractivity contribution is 6.29. The molecule has 0 saturated carbocycles. The fraction of sp³-hybridized carbons (Fsp3) is 0.250. The highest BCUT2D eigenvalue weighted by atomic mass is 35.5. The van der Waals surface area contributed by atoms with E-state index in [2.05, 4.69) is 15.0 Å². The van der Waals surface area contributed by atoms with Crippen LogP contribution in [0.2, 0.25) is 5.15 Å². The van der Waals surface area contributed by atoms with Gasteiger partial charge in [-0.2, -0.15) is 4.98 Å². The summed E-state index contributed by atoms with van der Waals surface area (Å²) in [5.74, 6) is -2.06. The molecule has 6 nitrogen and oxygen atoms in total. The van der Waals surface area contributed by atoms with Crippen molar-refractivity contribution >= 4 is 22.6 Å². The van der Waals surface area contributed by atoms with Gasteiger partial charge in [0.2, 0.25) is 5.88 Å². The van der Waals surface area contributed by atoms with Crippen LogP contribution in [0.5, 0.6) is 5.88 Å². The predicted octanol–water partition coefficient (Wildman–Crippen LogP) is 3.73. The number of halogens is 4. The first-order chi connectivity index (χ1) is 12.2. The molecule has 3 aromatic rings. The minimum absolute atomic E-state index is 0.195. The second-order valence-corrected chi connectivity index (χ2v) is 6.13. The van der Waals surface area contributed by atoms with Crippen molar-refractivity contribution in [2.75, 3.05) is 0 Å². The fourth-order valence-corrected chi connectivity index (χ4v) is 2.75. The molecule has 0 aliphatic carbocycles. The van der Waals surface area contributed by atoms with Crippen LogP contribution in [0.1, 0.15) is 37.4 Å². The van der Waals surface area contributed by atoms with Crippen molar-refractivity contribution in [1.29, 1.82) is 0 Å². The molecule has 3 heterocycles. The zero-order valence-corrected chi connectivity index (χ0v) is 14.3. The molecule has 0 aliphatic heterocycles. The van der Waals surface area contributed by atoms with Crippen molar-refractivity contribution in [2.24, 2.45) is 0 Å². The fourth-order valence-electron chi connectivity index (χ4n) is 2.61. The van der Waals surface area contributed by atoms with Crippen molar-refractivity contribution in [3.63, 3.8) is 0 Å². The molecule has 0 amide bonds. The average Bonchev–Trinajstić information content (AvgIpc) is 2.56. The SMILES string of the molecule is CC(C)c1nccc(C(F)F)c1-n1c(=O)nc(O)c2cc(F)c(Cl)nc21. The predicted molar refractivity (Wildman–Crippen MR) is 88.6 cm³/mol. The summed E-state index contributed by atoms with van der Waals surface area (Å²) in [6, 6.07) is 1.90. The summed E-state index contributed by atoms with van der Waals surface area (Å²) in [6.07, 6.45) is -1.71. The van der Waals surface area contributed by atoms with Crippen molar-refractivity contribution in [2.45, 2.75) is 26.2 Å². The third-order valence-electron chi connectivity index (χ3n) is 3.75. The van der Waals surface area contributed by atoms with Gasteiger partial charge in [0.25, 0.3) is 6.43 Å². The molecule has 0 fully saturated rings. The number of rotatable bonds is 3. The maximum atomic E-state index is 13.7. The number of aromatic nitrogens is 4. The molecule has 0 aliphatic rings. The molecule has 3 rings (SSSR count). The lowest BCUT2D eigenvalue weighted by molar-refractivity contribution is 0.151. The summed E-state index contributed by atoms with van der Waals surface area (Å²) in [6.45, 7) is 3.42. The summed E-state index contributed by atoms with van der Waals surface area (Å²) in [7, 11) is 0. The lowest BCUT2D eigenvalue weighted by Gasteiger charge is -2.18. The van der Waals surface area contributed by atoms with Gasteiger partial charge in [-0.3, -0.25) is 4.98 Å². The summed E-state index contributed by atoms with van der Waals surface area (Å²) >= 11 is 5.69. The summed E-state index contributed by atoms with van der Waals surface area (Å²) in [5, 5.41) is 9.03. The first kappa shape index (κ1) is 18.1. The third-order valence-corrected chi connectivity index (χ3v) is 4.01. The second kappa shape index (κ2) is 6.56. The standard InChI is InChI=1S/C16H12ClF3N4O2/c1-6(2)10-11(7(13(19)20)3-4-21-10)24-14-8(15(25)23-16(24)26)5-9(18)12(17)22-14/h3-6,13H,1-2H3,(H,23,25,26). The van der Waals surface area contributed by atoms with Crippen LogP contribution in [0.15, 0.2) is 23.1 Å². The van der Waals surface area contributed by atoms with Crippen LogP contribution in [0.25, 0.3) is 16.7 Å². The van der Waals surface area contributed by atoms with Gasteiger partial charge < -0.3 is 5.11 Å². The molecule has 0 spiro atoms. The summed E-state index contributed by atoms with van der Waals surface area (Å²) in [4.78, 5) is 23.7. The Labute approximate surface area is 149 Å². The van der Waals surface area contributed by atoms with Crippen LogP contribution in [-0.4, -0.2) is 24.6 Å². The molecule has 0 unspecified atom stereocenters. The summed E-state index contributed by atoms with van der Waals surface area (Å²) in [5.41, 5.74) is -1.86. The van der Waals surface area contributed by atoms with Gasteiger partial charge >= 0.3 is 5.69 Å². The van der Waals surface area contributed by atoms with E-state index in [1.165, 1.54) is 6.20 Å². The molecule has 0 atom stereocenters. The number of pyridine rings is 2. The van der Waals surface area contributed by atoms with Crippen LogP contribution >= 0.6 is 11.6 Å². The smallest absolute Gasteiger partial charge is 0.357 e. The Bertz CT molecular complexity index is 1040. The molecule has 3 aromatic heterocycles. The Morgan fingerprint density at radius 2 is 1.96 bits per heavy atom. The van der Waals surface area contributed by atoms with Gasteiger partial charge in [0, 0.05) is 11.8 Å². The van der Waals surface area contributed by atoms with Crippen LogP contribution in [0.3, 0.4) is 0 Å². The van der Waals surface area contributed by atoms with Crippen molar-refractivity contribution in [3.05, 3.63) is 51.0 Å². The third kappa shape index (κ3) is 2.88. The minimum atomic E-state index is -2.92. The van der Waals surface area contributed by atoms with E-state index in [1.807, 2.05) is 0 Å². The Hall–Kier alpha value is -2.68. The number of alkyl halides is 2. The number of aromatic hydroxyl groups is 1. The van der Waals surface area contributed by atoms with Gasteiger partial charge in [0.05, 0.1) is 16.8 Å². The monoisotopic (exact) mass is 384 g/mol. The zero-order valence-electron chi connectivity index (χ0n) is 13.5. The van der Waals surface area contributed by atoms with Crippen molar-refractivity contribution in [3.8, 4) is 11.6 Å². The number of hydrogen-bond donors (Lipinski definition) is 1. The molecule has 136 valence electrons. The molecule has 0 bridgehead atoms. The minimum Gasteiger partial charge on any atom is -0.493 e. The number of nitrogens with zero attached hydrogens (tertiary/aromatic N) is 4. The Morgan fingerprint density at radius 3 is 2.58 bits per heavy atom. The number of fused-ring (bicyclic) bond motifs is 1. The highest BCUT2D eigenvalue weighted by Crippen LogP contribution is 2.33. The Morgan fingerprint density at radius 1 is 1.27 bits per heavy atom. The van der Waals surface area contributed by atoms with E-state index in [9.17, 15) is 23.1 Å². The van der Waals surface area contributed by atoms with Gasteiger partial charge in [-0.05, 0) is 18.1 Å². The first-order valence-electron chi connectivity index (χ1n) is 7.47. The van der Waals surface area contributed by atoms with E-state index in [0.29, 0.717) is 0 Å². The topological polar surface area (TPSA) is 80.9 Å². The van der Waals surface area contributed by atoms with E-state index in [1.54, 1.807) is 13.8 Å². The average molecular weight is 385 g/mol. The number of hydrogen-bond acceptors (Lipinski definition) is 5. The second-order valence-electron chi connectivity index (χ2n) is 5.77. The molecule has 1 N–H and O–H groups in total. The lowest BCUT2D eigenvalue weighted by Crippen LogP contribution is -2.25. The van der Waals surface area contributed by atoms with Crippen molar-refractivity contribution in [1.82, 2.24) is 19.5 Å². The van der Waals surface area contributed by atoms with Gasteiger partial charge in [0.15, 0.2) is 16.6 Å².